The van der Waals surface area contributed by atoms with Gasteiger partial charge in [0.15, 0.2) is 0 Å². The van der Waals surface area contributed by atoms with E-state index in [1.165, 1.54) is 0 Å². The van der Waals surface area contributed by atoms with Crippen LogP contribution >= 0.6 is 29.2 Å². The fourth-order valence-electron chi connectivity index (χ4n) is 0. The second-order valence-corrected chi connectivity index (χ2v) is 6.17. The third-order valence-electron chi connectivity index (χ3n) is 0. The normalized spacial score (nSPS) is 38.5. The molecule has 0 saturated carbocycles. The van der Waals surface area contributed by atoms with Crippen molar-refractivity contribution in [2.75, 3.05) is 12.5 Å². The van der Waals surface area contributed by atoms with E-state index >= 15 is 0 Å². The molecule has 0 saturated heterocycles. The molecule has 0 amide bonds. The average Bonchev–Trinajstić information content (AvgIpc) is 1.35. The summed E-state index contributed by atoms with van der Waals surface area (Å²) in [5, 5.41) is 0. The van der Waals surface area contributed by atoms with Crippen molar-refractivity contribution in [3.05, 3.63) is 0 Å². The lowest BCUT2D eigenvalue weighted by atomic mass is 11.9. The van der Waals surface area contributed by atoms with Gasteiger partial charge in [-0.15, -0.1) is 0 Å². The Bertz CT molecular complexity index is 41.3. The van der Waals surface area contributed by atoms with Crippen LogP contribution in [0.15, 0.2) is 0 Å². The van der Waals surface area contributed by atoms with Gasteiger partial charge in [0.2, 0.25) is 0 Å². The lowest BCUT2D eigenvalue weighted by Gasteiger charge is -1.85. The molecule has 1 unspecified atom stereocenters. The predicted octanol–water partition coefficient (Wildman–Crippen LogP) is 1.60. The number of rotatable bonds is 0. The molecule has 4 heavy (non-hydrogen) atoms. The minimum Gasteiger partial charge on any atom is -0.205 e. The standard InChI is InChI=1S/C2H7IS/c1-4(2)3/h4H,1-2H3/i1D,4D. The fraction of sp³-hybridized carbons (Fsp3) is 1.00. The summed E-state index contributed by atoms with van der Waals surface area (Å²) < 4.78 is 13.8. The van der Waals surface area contributed by atoms with Crippen molar-refractivity contribution in [1.29, 1.82) is 1.12 Å². The van der Waals surface area contributed by atoms with Crippen molar-refractivity contribution in [2.24, 2.45) is 0 Å². The van der Waals surface area contributed by atoms with E-state index in [-0.39, 0.29) is 6.23 Å². The van der Waals surface area contributed by atoms with Crippen LogP contribution in [0.25, 0.3) is 0 Å². The van der Waals surface area contributed by atoms with Gasteiger partial charge in [0.05, 0.1) is 1.12 Å². The maximum atomic E-state index is 7.06. The maximum Gasteiger partial charge on any atom is 0.0923 e. The molecule has 0 fully saturated rings. The SMILES string of the molecule is [2H]CS([2H])(C)I. The van der Waals surface area contributed by atoms with Crippen LogP contribution in [0.1, 0.15) is 1.37 Å². The Kier molecular flexibility index (Phi) is 1.33. The van der Waals surface area contributed by atoms with Crippen molar-refractivity contribution in [1.82, 2.24) is 0 Å². The molecule has 0 rings (SSSR count). The molecule has 2 heteroatoms. The van der Waals surface area contributed by atoms with Gasteiger partial charge in [-0.1, -0.05) is 0 Å². The highest BCUT2D eigenvalue weighted by Crippen LogP contribution is 2.22. The van der Waals surface area contributed by atoms with Gasteiger partial charge in [-0.3, -0.25) is 0 Å². The summed E-state index contributed by atoms with van der Waals surface area (Å²) in [6.45, 7) is 0. The number of halogens is 1. The molecule has 0 bridgehead atoms. The van der Waals surface area contributed by atoms with Gasteiger partial charge < -0.3 is 0 Å². The summed E-state index contributed by atoms with van der Waals surface area (Å²) in [5.74, 6) is 0. The first-order valence-corrected chi connectivity index (χ1v) is 5.20. The van der Waals surface area contributed by atoms with Gasteiger partial charge in [0.25, 0.3) is 0 Å². The van der Waals surface area contributed by atoms with Crippen LogP contribution in [-0.4, -0.2) is 13.6 Å². The van der Waals surface area contributed by atoms with E-state index < -0.39 is 7.97 Å². The van der Waals surface area contributed by atoms with Gasteiger partial charge >= 0.3 is 0 Å². The summed E-state index contributed by atoms with van der Waals surface area (Å²) in [6.07, 6.45) is 2.05. The molecule has 0 radical (unpaired) electrons. The van der Waals surface area contributed by atoms with Crippen molar-refractivity contribution >= 4 is 29.2 Å². The molecule has 0 spiro atoms. The Morgan fingerprint density at radius 1 is 2.50 bits per heavy atom. The molecule has 0 aliphatic rings. The minimum atomic E-state index is -1.28. The van der Waals surface area contributed by atoms with Crippen LogP contribution in [0.3, 0.4) is 0 Å². The Balaban J connectivity index is 3.17. The molecule has 0 aliphatic heterocycles. The Morgan fingerprint density at radius 2 is 2.75 bits per heavy atom. The number of hydrogen-bond donors (Lipinski definition) is 1. The Labute approximate surface area is 44.4 Å². The minimum absolute atomic E-state index is 0.257. The third kappa shape index (κ3) is 11.4. The van der Waals surface area contributed by atoms with E-state index in [9.17, 15) is 0 Å². The highest BCUT2D eigenvalue weighted by molar-refractivity contribution is 14.2. The van der Waals surface area contributed by atoms with Crippen LogP contribution in [0.5, 0.6) is 0 Å². The van der Waals surface area contributed by atoms with E-state index in [0.29, 0.717) is 0 Å². The highest BCUT2D eigenvalue weighted by atomic mass is 127. The first kappa shape index (κ1) is 2.29. The molecular formula is C2H7IS. The summed E-state index contributed by atoms with van der Waals surface area (Å²) in [7, 11) is -1.28. The second-order valence-electron chi connectivity index (χ2n) is 0.552. The van der Waals surface area contributed by atoms with E-state index in [2.05, 4.69) is 0 Å². The smallest absolute Gasteiger partial charge is 0.0923 e. The number of thiol groups is 1. The molecule has 0 aromatic rings. The van der Waals surface area contributed by atoms with Crippen LogP contribution in [0.2, 0.25) is 0 Å². The summed E-state index contributed by atoms with van der Waals surface area (Å²) in [4.78, 5) is 0. The molecule has 0 aliphatic carbocycles. The van der Waals surface area contributed by atoms with Crippen molar-refractivity contribution in [3.8, 4) is 0 Å². The quantitative estimate of drug-likeness (QED) is 0.437. The predicted molar refractivity (Wildman–Crippen MR) is 34.9 cm³/mol. The van der Waals surface area contributed by atoms with E-state index in [1.807, 2.05) is 21.2 Å². The summed E-state index contributed by atoms with van der Waals surface area (Å²) >= 11 is 2.00. The molecule has 0 aromatic heterocycles. The molecule has 0 heterocycles. The first-order valence-electron chi connectivity index (χ1n) is 1.97. The van der Waals surface area contributed by atoms with Crippen LogP contribution in [0.4, 0.5) is 0 Å². The maximum absolute atomic E-state index is 7.06. The molecule has 0 nitrogen and oxygen atoms in total. The Morgan fingerprint density at radius 3 is 2.75 bits per heavy atom. The van der Waals surface area contributed by atoms with Gasteiger partial charge in [-0.25, -0.2) is 7.97 Å². The Hall–Kier alpha value is 1.08. The molecule has 28 valence electrons. The van der Waals surface area contributed by atoms with E-state index in [1.54, 1.807) is 6.26 Å². The van der Waals surface area contributed by atoms with Crippen LogP contribution < -0.4 is 0 Å². The van der Waals surface area contributed by atoms with E-state index in [0.717, 1.165) is 0 Å². The van der Waals surface area contributed by atoms with Crippen LogP contribution in [0, 0.1) is 0 Å². The topological polar surface area (TPSA) is 0 Å². The first-order chi connectivity index (χ1) is 2.56. The van der Waals surface area contributed by atoms with Crippen LogP contribution in [-0.2, 0) is 0 Å². The lowest BCUT2D eigenvalue weighted by molar-refractivity contribution is 2.36. The monoisotopic (exact) mass is 192 g/mol. The largest absolute Gasteiger partial charge is 0.205 e. The van der Waals surface area contributed by atoms with E-state index in [4.69, 9.17) is 2.49 Å². The highest BCUT2D eigenvalue weighted by Gasteiger charge is 1.62. The molecule has 0 N–H and O–H groups in total. The van der Waals surface area contributed by atoms with Crippen molar-refractivity contribution in [3.63, 3.8) is 0 Å². The summed E-state index contributed by atoms with van der Waals surface area (Å²) in [5.41, 5.74) is 0. The van der Waals surface area contributed by atoms with Gasteiger partial charge in [-0.05, 0) is 33.7 Å². The zero-order valence-electron chi connectivity index (χ0n) is 4.49. The lowest BCUT2D eigenvalue weighted by Crippen LogP contribution is -1.42. The van der Waals surface area contributed by atoms with Crippen molar-refractivity contribution in [2.45, 2.75) is 0 Å². The zero-order chi connectivity index (χ0) is 5.21. The van der Waals surface area contributed by atoms with Crippen molar-refractivity contribution < 1.29 is 1.37 Å². The molecule has 0 aromatic carbocycles. The third-order valence-corrected chi connectivity index (χ3v) is 0. The molecular weight excluding hydrogens is 183 g/mol. The van der Waals surface area contributed by atoms with Gasteiger partial charge in [-0.2, -0.15) is 0 Å². The second kappa shape index (κ2) is 2.33. The zero-order valence-corrected chi connectivity index (χ0v) is 5.47. The van der Waals surface area contributed by atoms with Gasteiger partial charge in [0, 0.05) is 1.37 Å². The summed E-state index contributed by atoms with van der Waals surface area (Å²) in [6, 6.07) is 0. The van der Waals surface area contributed by atoms with Gasteiger partial charge in [0.1, 0.15) is 0 Å². The average molecular weight is 192 g/mol. The number of hydrogen-bond acceptors (Lipinski definition) is 0. The molecule has 1 atom stereocenters. The fourth-order valence-corrected chi connectivity index (χ4v) is 0.